The van der Waals surface area contributed by atoms with E-state index in [4.69, 9.17) is 0 Å². The van der Waals surface area contributed by atoms with Gasteiger partial charge in [0.1, 0.15) is 0 Å². The first kappa shape index (κ1) is 21.7. The predicted molar refractivity (Wildman–Crippen MR) is 128 cm³/mol. The van der Waals surface area contributed by atoms with E-state index in [2.05, 4.69) is 35.0 Å². The van der Waals surface area contributed by atoms with E-state index in [1.807, 2.05) is 41.3 Å². The Balaban J connectivity index is 1.37. The van der Waals surface area contributed by atoms with E-state index >= 15 is 0 Å². The highest BCUT2D eigenvalue weighted by Crippen LogP contribution is 2.12. The summed E-state index contributed by atoms with van der Waals surface area (Å²) >= 11 is 0. The zero-order chi connectivity index (χ0) is 22.3. The zero-order valence-electron chi connectivity index (χ0n) is 18.4. The van der Waals surface area contributed by atoms with Gasteiger partial charge in [-0.1, -0.05) is 72.3 Å². The second-order valence-electron chi connectivity index (χ2n) is 8.14. The molecule has 1 saturated heterocycles. The first-order valence-electron chi connectivity index (χ1n) is 10.9. The van der Waals surface area contributed by atoms with Crippen molar-refractivity contribution in [3.8, 4) is 0 Å². The van der Waals surface area contributed by atoms with Crippen LogP contribution in [-0.4, -0.2) is 53.0 Å². The molecule has 2 heterocycles. The lowest BCUT2D eigenvalue weighted by molar-refractivity contribution is 0.0971. The number of piperazine rings is 1. The fourth-order valence-electron chi connectivity index (χ4n) is 4.00. The number of hydrogen-bond donors (Lipinski definition) is 0. The molecule has 1 aliphatic heterocycles. The maximum absolute atomic E-state index is 13.0. The molecule has 0 radical (unpaired) electrons. The van der Waals surface area contributed by atoms with Crippen LogP contribution >= 0.6 is 0 Å². The minimum absolute atomic E-state index is 0.0157. The molecule has 1 aliphatic rings. The average Bonchev–Trinajstić information content (AvgIpc) is 2.82. The molecule has 4 rings (SSSR count). The lowest BCUT2D eigenvalue weighted by atomic mass is 10.1. The lowest BCUT2D eigenvalue weighted by Crippen LogP contribution is -2.49. The minimum Gasteiger partial charge on any atom is -0.349 e. The predicted octanol–water partition coefficient (Wildman–Crippen LogP) is 3.35. The van der Waals surface area contributed by atoms with Crippen molar-refractivity contribution < 1.29 is 4.79 Å². The molecule has 0 bridgehead atoms. The van der Waals surface area contributed by atoms with Gasteiger partial charge < -0.3 is 9.47 Å². The van der Waals surface area contributed by atoms with E-state index in [1.54, 1.807) is 24.5 Å². The summed E-state index contributed by atoms with van der Waals surface area (Å²) in [6, 6.07) is 19.4. The molecular weight excluding hydrogens is 400 g/mol. The molecule has 2 aromatic carbocycles. The third kappa shape index (κ3) is 5.39. The Morgan fingerprint density at radius 2 is 1.59 bits per heavy atom. The number of Topliss-reactive ketones (excluding diaryl/α,β-unsaturated/α-hetero) is 1. The Morgan fingerprint density at radius 1 is 0.938 bits per heavy atom. The highest BCUT2D eigenvalue weighted by molar-refractivity contribution is 5.95. The van der Waals surface area contributed by atoms with Crippen molar-refractivity contribution in [3.63, 3.8) is 0 Å². The fraction of sp³-hybridized carbons (Fsp3) is 0.269. The Bertz CT molecular complexity index is 1130. The fourth-order valence-corrected chi connectivity index (χ4v) is 4.00. The summed E-state index contributed by atoms with van der Waals surface area (Å²) < 4.78 is 1.46. The normalized spacial score (nSPS) is 15.0. The largest absolute Gasteiger partial charge is 0.349 e. The van der Waals surface area contributed by atoms with Crippen LogP contribution in [0.4, 0.5) is 5.82 Å². The Labute approximate surface area is 188 Å². The van der Waals surface area contributed by atoms with Crippen molar-refractivity contribution >= 4 is 17.7 Å². The van der Waals surface area contributed by atoms with Crippen LogP contribution in [0.15, 0.2) is 83.4 Å². The average molecular weight is 429 g/mol. The molecule has 0 unspecified atom stereocenters. The molecule has 0 spiro atoms. The van der Waals surface area contributed by atoms with Crippen LogP contribution in [0.25, 0.3) is 6.08 Å². The van der Waals surface area contributed by atoms with Gasteiger partial charge in [-0.2, -0.15) is 0 Å². The maximum atomic E-state index is 13.0. The molecule has 1 fully saturated rings. The Kier molecular flexibility index (Phi) is 6.92. The highest BCUT2D eigenvalue weighted by Gasteiger charge is 2.21. The van der Waals surface area contributed by atoms with Gasteiger partial charge in [0.15, 0.2) is 11.6 Å². The molecule has 1 aromatic heterocycles. The standard InChI is InChI=1S/C26H28N4O2/c1-21(18-22-8-4-2-5-9-22)19-28-14-16-29(17-15-28)25-26(32)30(13-12-27-25)20-24(31)23-10-6-3-7-11-23/h2-13,18H,14-17,19-20H2,1H3/b21-18+. The van der Waals surface area contributed by atoms with E-state index in [9.17, 15) is 9.59 Å². The molecule has 6 heteroatoms. The van der Waals surface area contributed by atoms with Crippen LogP contribution in [0.2, 0.25) is 0 Å². The van der Waals surface area contributed by atoms with Gasteiger partial charge in [-0.15, -0.1) is 0 Å². The van der Waals surface area contributed by atoms with Gasteiger partial charge in [0, 0.05) is 50.7 Å². The molecule has 6 nitrogen and oxygen atoms in total. The number of rotatable bonds is 7. The molecule has 164 valence electrons. The Morgan fingerprint density at radius 3 is 2.28 bits per heavy atom. The van der Waals surface area contributed by atoms with E-state index in [-0.39, 0.29) is 17.9 Å². The van der Waals surface area contributed by atoms with Crippen molar-refractivity contribution in [2.24, 2.45) is 0 Å². The van der Waals surface area contributed by atoms with E-state index < -0.39 is 0 Å². The van der Waals surface area contributed by atoms with E-state index in [1.165, 1.54) is 15.7 Å². The van der Waals surface area contributed by atoms with Crippen molar-refractivity contribution in [1.82, 2.24) is 14.5 Å². The number of carbonyl (C=O) groups is 1. The van der Waals surface area contributed by atoms with Gasteiger partial charge in [-0.25, -0.2) is 4.98 Å². The minimum atomic E-state index is -0.217. The third-order valence-electron chi connectivity index (χ3n) is 5.66. The number of carbonyl (C=O) groups excluding carboxylic acids is 1. The van der Waals surface area contributed by atoms with Crippen LogP contribution in [0.1, 0.15) is 22.8 Å². The van der Waals surface area contributed by atoms with Gasteiger partial charge in [0.2, 0.25) is 0 Å². The smallest absolute Gasteiger partial charge is 0.293 e. The van der Waals surface area contributed by atoms with Gasteiger partial charge in [-0.05, 0) is 12.5 Å². The SMILES string of the molecule is C/C(=C\c1ccccc1)CN1CCN(c2nccn(CC(=O)c3ccccc3)c2=O)CC1. The quantitative estimate of drug-likeness (QED) is 0.540. The molecule has 0 amide bonds. The molecule has 0 atom stereocenters. The van der Waals surface area contributed by atoms with Crippen LogP contribution in [0, 0.1) is 0 Å². The topological polar surface area (TPSA) is 58.4 Å². The van der Waals surface area contributed by atoms with Gasteiger partial charge >= 0.3 is 0 Å². The molecular formula is C26H28N4O2. The van der Waals surface area contributed by atoms with Gasteiger partial charge in [-0.3, -0.25) is 14.5 Å². The summed E-state index contributed by atoms with van der Waals surface area (Å²) in [5.41, 5.74) is 2.91. The number of anilines is 1. The van der Waals surface area contributed by atoms with Crippen molar-refractivity contribution in [2.45, 2.75) is 13.5 Å². The van der Waals surface area contributed by atoms with E-state index in [0.717, 1.165) is 32.7 Å². The number of ketones is 1. The third-order valence-corrected chi connectivity index (χ3v) is 5.66. The first-order valence-corrected chi connectivity index (χ1v) is 10.9. The molecule has 0 saturated carbocycles. The van der Waals surface area contributed by atoms with Crippen LogP contribution < -0.4 is 10.5 Å². The van der Waals surface area contributed by atoms with Gasteiger partial charge in [0.25, 0.3) is 5.56 Å². The molecule has 3 aromatic rings. The summed E-state index contributed by atoms with van der Waals surface area (Å²) in [6.07, 6.45) is 5.41. The second kappa shape index (κ2) is 10.2. The van der Waals surface area contributed by atoms with Gasteiger partial charge in [0.05, 0.1) is 6.54 Å². The van der Waals surface area contributed by atoms with Crippen molar-refractivity contribution in [3.05, 3.63) is 100 Å². The Hall–Kier alpha value is -3.51. The highest BCUT2D eigenvalue weighted by atomic mass is 16.1. The number of aromatic nitrogens is 2. The summed E-state index contributed by atoms with van der Waals surface area (Å²) in [5.74, 6) is 0.333. The first-order chi connectivity index (χ1) is 15.6. The number of benzene rings is 2. The summed E-state index contributed by atoms with van der Waals surface area (Å²) in [7, 11) is 0. The second-order valence-corrected chi connectivity index (χ2v) is 8.14. The van der Waals surface area contributed by atoms with E-state index in [0.29, 0.717) is 11.4 Å². The molecule has 0 N–H and O–H groups in total. The molecule has 32 heavy (non-hydrogen) atoms. The zero-order valence-corrected chi connectivity index (χ0v) is 18.4. The number of nitrogens with zero attached hydrogens (tertiary/aromatic N) is 4. The monoisotopic (exact) mass is 428 g/mol. The maximum Gasteiger partial charge on any atom is 0.293 e. The van der Waals surface area contributed by atoms with Crippen molar-refractivity contribution in [1.29, 1.82) is 0 Å². The lowest BCUT2D eigenvalue weighted by Gasteiger charge is -2.35. The van der Waals surface area contributed by atoms with Crippen LogP contribution in [0.3, 0.4) is 0 Å². The summed E-state index contributed by atoms with van der Waals surface area (Å²) in [6.45, 7) is 6.26. The van der Waals surface area contributed by atoms with Crippen LogP contribution in [-0.2, 0) is 6.54 Å². The number of hydrogen-bond acceptors (Lipinski definition) is 5. The van der Waals surface area contributed by atoms with Crippen molar-refractivity contribution in [2.75, 3.05) is 37.6 Å². The summed E-state index contributed by atoms with van der Waals surface area (Å²) in [5, 5.41) is 0. The molecule has 0 aliphatic carbocycles. The summed E-state index contributed by atoms with van der Waals surface area (Å²) in [4.78, 5) is 34.3. The van der Waals surface area contributed by atoms with Crippen LogP contribution in [0.5, 0.6) is 0 Å².